The largest absolute Gasteiger partial charge is 0.495 e. The summed E-state index contributed by atoms with van der Waals surface area (Å²) in [4.78, 5) is 0.0167. The van der Waals surface area contributed by atoms with Crippen molar-refractivity contribution in [3.63, 3.8) is 0 Å². The molecule has 2 N–H and O–H groups in total. The molecule has 0 aliphatic heterocycles. The molecule has 1 aromatic rings. The molecule has 7 nitrogen and oxygen atoms in total. The highest BCUT2D eigenvalue weighted by atomic mass is 79.9. The van der Waals surface area contributed by atoms with Crippen molar-refractivity contribution in [3.8, 4) is 5.75 Å². The van der Waals surface area contributed by atoms with Crippen molar-refractivity contribution < 1.29 is 21.6 Å². The van der Waals surface area contributed by atoms with Crippen LogP contribution in [-0.4, -0.2) is 42.3 Å². The first-order valence-electron chi connectivity index (χ1n) is 7.45. The van der Waals surface area contributed by atoms with Crippen LogP contribution in [0, 0.1) is 0 Å². The van der Waals surface area contributed by atoms with Gasteiger partial charge in [-0.05, 0) is 31.0 Å². The van der Waals surface area contributed by atoms with Crippen LogP contribution in [0.5, 0.6) is 5.75 Å². The minimum Gasteiger partial charge on any atom is -0.495 e. The molecule has 0 radical (unpaired) electrons. The second-order valence-corrected chi connectivity index (χ2v) is 10.2. The van der Waals surface area contributed by atoms with Gasteiger partial charge in [-0.3, -0.25) is 0 Å². The first-order chi connectivity index (χ1) is 11.1. The van der Waals surface area contributed by atoms with Crippen molar-refractivity contribution in [2.45, 2.75) is 42.7 Å². The summed E-state index contributed by atoms with van der Waals surface area (Å²) in [5.74, 6) is 0.231. The lowest BCUT2D eigenvalue weighted by atomic mass is 9.92. The third kappa shape index (κ3) is 5.16. The van der Waals surface area contributed by atoms with E-state index < -0.39 is 32.1 Å². The summed E-state index contributed by atoms with van der Waals surface area (Å²) < 4.78 is 59.4. The molecule has 1 fully saturated rings. The van der Waals surface area contributed by atoms with Crippen molar-refractivity contribution >= 4 is 36.0 Å². The Bertz CT molecular complexity index is 795. The highest BCUT2D eigenvalue weighted by molar-refractivity contribution is 9.10. The van der Waals surface area contributed by atoms with Gasteiger partial charge in [-0.2, -0.15) is 0 Å². The fourth-order valence-electron chi connectivity index (χ4n) is 2.81. The monoisotopic (exact) mass is 440 g/mol. The van der Waals surface area contributed by atoms with E-state index in [1.165, 1.54) is 13.2 Å². The highest BCUT2D eigenvalue weighted by Gasteiger charge is 2.32. The van der Waals surface area contributed by atoms with E-state index in [1.54, 1.807) is 12.1 Å². The number of hydrogen-bond acceptors (Lipinski definition) is 5. The maximum absolute atomic E-state index is 12.8. The van der Waals surface area contributed by atoms with Gasteiger partial charge in [0.15, 0.2) is 0 Å². The van der Waals surface area contributed by atoms with Crippen LogP contribution in [0.2, 0.25) is 0 Å². The van der Waals surface area contributed by atoms with Crippen LogP contribution in [0.15, 0.2) is 27.6 Å². The Morgan fingerprint density at radius 1 is 1.08 bits per heavy atom. The van der Waals surface area contributed by atoms with E-state index in [0.29, 0.717) is 17.3 Å². The molecule has 0 amide bonds. The molecule has 0 saturated heterocycles. The van der Waals surface area contributed by atoms with Crippen LogP contribution in [0.1, 0.15) is 25.7 Å². The van der Waals surface area contributed by atoms with Gasteiger partial charge in [-0.15, -0.1) is 0 Å². The lowest BCUT2D eigenvalue weighted by Crippen LogP contribution is -2.52. The number of hydrogen-bond donors (Lipinski definition) is 2. The van der Waals surface area contributed by atoms with Crippen molar-refractivity contribution in [1.29, 1.82) is 0 Å². The first-order valence-corrected chi connectivity index (χ1v) is 11.6. The van der Waals surface area contributed by atoms with Gasteiger partial charge in [0.1, 0.15) is 10.6 Å². The van der Waals surface area contributed by atoms with Gasteiger partial charge in [0.2, 0.25) is 20.0 Å². The second kappa shape index (κ2) is 7.69. The molecule has 0 bridgehead atoms. The maximum Gasteiger partial charge on any atom is 0.244 e. The summed E-state index contributed by atoms with van der Waals surface area (Å²) >= 11 is 3.26. The van der Waals surface area contributed by atoms with Gasteiger partial charge in [0.25, 0.3) is 0 Å². The molecule has 1 aromatic carbocycles. The summed E-state index contributed by atoms with van der Waals surface area (Å²) in [6, 6.07) is 3.75. The number of methoxy groups -OCH3 is 1. The molecule has 136 valence electrons. The van der Waals surface area contributed by atoms with E-state index in [9.17, 15) is 16.8 Å². The molecule has 0 heterocycles. The third-order valence-corrected chi connectivity index (χ3v) is 6.59. The molecule has 1 aliphatic carbocycles. The average molecular weight is 441 g/mol. The minimum absolute atomic E-state index is 0.0167. The predicted octanol–water partition coefficient (Wildman–Crippen LogP) is 1.60. The Kier molecular flexibility index (Phi) is 6.29. The zero-order valence-electron chi connectivity index (χ0n) is 13.5. The van der Waals surface area contributed by atoms with Crippen LogP contribution in [0.4, 0.5) is 0 Å². The number of nitrogens with one attached hydrogen (secondary N) is 2. The molecule has 0 aromatic heterocycles. The standard InChI is InChI=1S/C14H21BrN2O5S2/c1-22-13-8-7-10(15)9-14(13)24(20,21)17-12-6-4-3-5-11(12)16-23(2,18)19/h7-9,11-12,16-17H,3-6H2,1-2H3. The molecule has 1 aliphatic rings. The molecular formula is C14H21BrN2O5S2. The van der Waals surface area contributed by atoms with Gasteiger partial charge < -0.3 is 4.74 Å². The second-order valence-electron chi connectivity index (χ2n) is 5.80. The Morgan fingerprint density at radius 3 is 2.21 bits per heavy atom. The van der Waals surface area contributed by atoms with Crippen molar-refractivity contribution in [2.24, 2.45) is 0 Å². The fourth-order valence-corrected chi connectivity index (χ4v) is 5.66. The van der Waals surface area contributed by atoms with Crippen LogP contribution in [-0.2, 0) is 20.0 Å². The zero-order valence-corrected chi connectivity index (χ0v) is 16.7. The molecule has 2 unspecified atom stereocenters. The van der Waals surface area contributed by atoms with Gasteiger partial charge in [0, 0.05) is 16.6 Å². The first kappa shape index (κ1) is 19.6. The predicted molar refractivity (Wildman–Crippen MR) is 95.0 cm³/mol. The van der Waals surface area contributed by atoms with Crippen molar-refractivity contribution in [3.05, 3.63) is 22.7 Å². The smallest absolute Gasteiger partial charge is 0.244 e. The van der Waals surface area contributed by atoms with E-state index in [4.69, 9.17) is 4.74 Å². The maximum atomic E-state index is 12.8. The van der Waals surface area contributed by atoms with E-state index in [0.717, 1.165) is 19.1 Å². The van der Waals surface area contributed by atoms with Crippen LogP contribution in [0.3, 0.4) is 0 Å². The van der Waals surface area contributed by atoms with Crippen LogP contribution < -0.4 is 14.2 Å². The summed E-state index contributed by atoms with van der Waals surface area (Å²) in [7, 11) is -5.87. The number of rotatable bonds is 6. The zero-order chi connectivity index (χ0) is 18.0. The van der Waals surface area contributed by atoms with Gasteiger partial charge in [-0.25, -0.2) is 26.3 Å². The Labute approximate surface area is 151 Å². The van der Waals surface area contributed by atoms with E-state index in [-0.39, 0.29) is 10.6 Å². The Hall–Kier alpha value is -0.680. The number of ether oxygens (including phenoxy) is 1. The van der Waals surface area contributed by atoms with Crippen molar-refractivity contribution in [2.75, 3.05) is 13.4 Å². The van der Waals surface area contributed by atoms with Crippen LogP contribution >= 0.6 is 15.9 Å². The lowest BCUT2D eigenvalue weighted by Gasteiger charge is -2.32. The molecule has 10 heteroatoms. The van der Waals surface area contributed by atoms with E-state index in [1.807, 2.05) is 0 Å². The lowest BCUT2D eigenvalue weighted by molar-refractivity contribution is 0.340. The fraction of sp³-hybridized carbons (Fsp3) is 0.571. The molecule has 1 saturated carbocycles. The summed E-state index contributed by atoms with van der Waals surface area (Å²) in [6.45, 7) is 0. The average Bonchev–Trinajstić information content (AvgIpc) is 2.47. The van der Waals surface area contributed by atoms with E-state index >= 15 is 0 Å². The number of halogens is 1. The summed E-state index contributed by atoms with van der Waals surface area (Å²) in [5.41, 5.74) is 0. The third-order valence-electron chi connectivity index (χ3n) is 3.85. The quantitative estimate of drug-likeness (QED) is 0.699. The normalized spacial score (nSPS) is 22.3. The van der Waals surface area contributed by atoms with Crippen LogP contribution in [0.25, 0.3) is 0 Å². The van der Waals surface area contributed by atoms with Gasteiger partial charge in [0.05, 0.1) is 13.4 Å². The van der Waals surface area contributed by atoms with Crippen molar-refractivity contribution in [1.82, 2.24) is 9.44 Å². The van der Waals surface area contributed by atoms with Gasteiger partial charge in [-0.1, -0.05) is 28.8 Å². The molecule has 0 spiro atoms. The number of sulfonamides is 2. The number of benzene rings is 1. The summed E-state index contributed by atoms with van der Waals surface area (Å²) in [5, 5.41) is 0. The van der Waals surface area contributed by atoms with Gasteiger partial charge >= 0.3 is 0 Å². The molecule has 24 heavy (non-hydrogen) atoms. The molecule has 2 rings (SSSR count). The topological polar surface area (TPSA) is 102 Å². The SMILES string of the molecule is COc1ccc(Br)cc1S(=O)(=O)NC1CCCCC1NS(C)(=O)=O. The summed E-state index contributed by atoms with van der Waals surface area (Å²) in [6.07, 6.45) is 3.93. The van der Waals surface area contributed by atoms with E-state index in [2.05, 4.69) is 25.4 Å². The molecule has 2 atom stereocenters. The Balaban J connectivity index is 2.28. The highest BCUT2D eigenvalue weighted by Crippen LogP contribution is 2.28. The minimum atomic E-state index is -3.85. The Morgan fingerprint density at radius 2 is 1.67 bits per heavy atom. The molecular weight excluding hydrogens is 420 g/mol.